The quantitative estimate of drug-likeness (QED) is 0.881. The number of carbonyl (C=O) groups is 1. The van der Waals surface area contributed by atoms with Gasteiger partial charge in [-0.05, 0) is 24.8 Å². The van der Waals surface area contributed by atoms with Crippen LogP contribution in [0, 0.1) is 5.92 Å². The van der Waals surface area contributed by atoms with Gasteiger partial charge in [0.05, 0.1) is 17.3 Å². The predicted molar refractivity (Wildman–Crippen MR) is 84.2 cm³/mol. The number of rotatable bonds is 6. The van der Waals surface area contributed by atoms with Crippen LogP contribution in [0.5, 0.6) is 0 Å². The van der Waals surface area contributed by atoms with Crippen molar-refractivity contribution in [3.05, 3.63) is 30.2 Å². The maximum absolute atomic E-state index is 13.0. The SMILES string of the molecule is CCC(CC)CN(C(=O)c1cncc2[nH]ccc12)C1CC1. The molecule has 2 aromatic rings. The maximum Gasteiger partial charge on any atom is 0.256 e. The fourth-order valence-corrected chi connectivity index (χ4v) is 2.91. The molecule has 112 valence electrons. The first-order valence-corrected chi connectivity index (χ1v) is 7.96. The predicted octanol–water partition coefficient (Wildman–Crippen LogP) is 3.60. The van der Waals surface area contributed by atoms with Crippen molar-refractivity contribution in [2.75, 3.05) is 6.54 Å². The largest absolute Gasteiger partial charge is 0.360 e. The van der Waals surface area contributed by atoms with Crippen LogP contribution in [0.2, 0.25) is 0 Å². The van der Waals surface area contributed by atoms with E-state index in [1.165, 1.54) is 0 Å². The zero-order valence-corrected chi connectivity index (χ0v) is 12.8. The van der Waals surface area contributed by atoms with Crippen molar-refractivity contribution >= 4 is 16.8 Å². The summed E-state index contributed by atoms with van der Waals surface area (Å²) in [7, 11) is 0. The Bertz CT molecular complexity index is 626. The minimum atomic E-state index is 0.141. The lowest BCUT2D eigenvalue weighted by Crippen LogP contribution is -2.37. The normalized spacial score (nSPS) is 14.8. The molecule has 0 aromatic carbocycles. The van der Waals surface area contributed by atoms with E-state index >= 15 is 0 Å². The van der Waals surface area contributed by atoms with Crippen LogP contribution in [0.3, 0.4) is 0 Å². The molecule has 4 heteroatoms. The van der Waals surface area contributed by atoms with Crippen LogP contribution in [-0.4, -0.2) is 33.4 Å². The van der Waals surface area contributed by atoms with Crippen LogP contribution in [0.15, 0.2) is 24.7 Å². The van der Waals surface area contributed by atoms with Crippen molar-refractivity contribution < 1.29 is 4.79 Å². The third-order valence-corrected chi connectivity index (χ3v) is 4.56. The van der Waals surface area contributed by atoms with Crippen molar-refractivity contribution in [2.24, 2.45) is 5.92 Å². The average Bonchev–Trinajstić information content (AvgIpc) is 3.23. The highest BCUT2D eigenvalue weighted by Crippen LogP contribution is 2.31. The fourth-order valence-electron chi connectivity index (χ4n) is 2.91. The summed E-state index contributed by atoms with van der Waals surface area (Å²) in [6.07, 6.45) is 9.88. The molecule has 1 aliphatic rings. The fraction of sp³-hybridized carbons (Fsp3) is 0.529. The molecule has 0 unspecified atom stereocenters. The number of nitrogens with one attached hydrogen (secondary N) is 1. The average molecular weight is 285 g/mol. The second-order valence-corrected chi connectivity index (χ2v) is 6.00. The summed E-state index contributed by atoms with van der Waals surface area (Å²) >= 11 is 0. The van der Waals surface area contributed by atoms with E-state index in [-0.39, 0.29) is 5.91 Å². The molecule has 0 spiro atoms. The zero-order valence-electron chi connectivity index (χ0n) is 12.8. The molecule has 2 heterocycles. The minimum absolute atomic E-state index is 0.141. The van der Waals surface area contributed by atoms with E-state index in [0.717, 1.165) is 48.7 Å². The number of hydrogen-bond donors (Lipinski definition) is 1. The van der Waals surface area contributed by atoms with E-state index in [2.05, 4.69) is 28.7 Å². The number of nitrogens with zero attached hydrogens (tertiary/aromatic N) is 2. The molecule has 3 rings (SSSR count). The molecule has 0 bridgehead atoms. The maximum atomic E-state index is 13.0. The summed E-state index contributed by atoms with van der Waals surface area (Å²) in [5.41, 5.74) is 1.66. The van der Waals surface area contributed by atoms with E-state index in [9.17, 15) is 4.79 Å². The molecular formula is C17H23N3O. The molecular weight excluding hydrogens is 262 g/mol. The van der Waals surface area contributed by atoms with E-state index in [1.54, 1.807) is 12.4 Å². The zero-order chi connectivity index (χ0) is 14.8. The molecule has 0 saturated heterocycles. The van der Waals surface area contributed by atoms with Crippen LogP contribution < -0.4 is 0 Å². The number of hydrogen-bond acceptors (Lipinski definition) is 2. The van der Waals surface area contributed by atoms with Gasteiger partial charge in [-0.1, -0.05) is 26.7 Å². The van der Waals surface area contributed by atoms with Crippen molar-refractivity contribution in [1.82, 2.24) is 14.9 Å². The van der Waals surface area contributed by atoms with Crippen molar-refractivity contribution in [3.63, 3.8) is 0 Å². The van der Waals surface area contributed by atoms with Crippen LogP contribution >= 0.6 is 0 Å². The van der Waals surface area contributed by atoms with Gasteiger partial charge in [-0.25, -0.2) is 0 Å². The van der Waals surface area contributed by atoms with Gasteiger partial charge in [0, 0.05) is 30.4 Å². The highest BCUT2D eigenvalue weighted by atomic mass is 16.2. The molecule has 1 saturated carbocycles. The molecule has 0 aliphatic heterocycles. The van der Waals surface area contributed by atoms with E-state index in [1.807, 2.05) is 12.3 Å². The summed E-state index contributed by atoms with van der Waals surface area (Å²) in [6.45, 7) is 5.29. The molecule has 1 amide bonds. The summed E-state index contributed by atoms with van der Waals surface area (Å²) in [6, 6.07) is 2.40. The molecule has 4 nitrogen and oxygen atoms in total. The number of amides is 1. The number of pyridine rings is 1. The van der Waals surface area contributed by atoms with Gasteiger partial charge in [0.25, 0.3) is 5.91 Å². The van der Waals surface area contributed by atoms with Gasteiger partial charge in [-0.2, -0.15) is 0 Å². The molecule has 0 atom stereocenters. The highest BCUT2D eigenvalue weighted by molar-refractivity contribution is 6.06. The molecule has 1 fully saturated rings. The lowest BCUT2D eigenvalue weighted by Gasteiger charge is -2.27. The first-order chi connectivity index (χ1) is 10.2. The lowest BCUT2D eigenvalue weighted by molar-refractivity contribution is 0.0712. The topological polar surface area (TPSA) is 49.0 Å². The Hall–Kier alpha value is -1.84. The summed E-state index contributed by atoms with van der Waals surface area (Å²) < 4.78 is 0. The van der Waals surface area contributed by atoms with Gasteiger partial charge >= 0.3 is 0 Å². The Morgan fingerprint density at radius 1 is 1.38 bits per heavy atom. The molecule has 21 heavy (non-hydrogen) atoms. The van der Waals surface area contributed by atoms with Crippen LogP contribution in [-0.2, 0) is 0 Å². The van der Waals surface area contributed by atoms with Crippen molar-refractivity contribution in [2.45, 2.75) is 45.6 Å². The first kappa shape index (κ1) is 14.1. The van der Waals surface area contributed by atoms with Gasteiger partial charge < -0.3 is 9.88 Å². The second kappa shape index (κ2) is 5.88. The number of H-pyrrole nitrogens is 1. The van der Waals surface area contributed by atoms with Crippen LogP contribution in [0.25, 0.3) is 10.9 Å². The summed E-state index contributed by atoms with van der Waals surface area (Å²) in [4.78, 5) is 22.4. The third kappa shape index (κ3) is 2.80. The monoisotopic (exact) mass is 285 g/mol. The molecule has 2 aromatic heterocycles. The van der Waals surface area contributed by atoms with Gasteiger partial charge in [0.1, 0.15) is 0 Å². The van der Waals surface area contributed by atoms with E-state index in [0.29, 0.717) is 12.0 Å². The smallest absolute Gasteiger partial charge is 0.256 e. The third-order valence-electron chi connectivity index (χ3n) is 4.56. The highest BCUT2D eigenvalue weighted by Gasteiger charge is 2.34. The summed E-state index contributed by atoms with van der Waals surface area (Å²) in [5, 5.41) is 0.977. The standard InChI is InChI=1S/C17H23N3O/c1-3-12(4-2)11-20(13-5-6-13)17(21)15-9-18-10-16-14(15)7-8-19-16/h7-10,12-13,19H,3-6,11H2,1-2H3. The Morgan fingerprint density at radius 2 is 2.14 bits per heavy atom. The van der Waals surface area contributed by atoms with Crippen LogP contribution in [0.4, 0.5) is 0 Å². The number of fused-ring (bicyclic) bond motifs is 1. The minimum Gasteiger partial charge on any atom is -0.360 e. The Labute approximate surface area is 125 Å². The van der Waals surface area contributed by atoms with Crippen LogP contribution in [0.1, 0.15) is 49.9 Å². The Kier molecular flexibility index (Phi) is 3.95. The van der Waals surface area contributed by atoms with Gasteiger partial charge in [0.2, 0.25) is 0 Å². The second-order valence-electron chi connectivity index (χ2n) is 6.00. The Morgan fingerprint density at radius 3 is 2.81 bits per heavy atom. The Balaban J connectivity index is 1.88. The van der Waals surface area contributed by atoms with E-state index < -0.39 is 0 Å². The van der Waals surface area contributed by atoms with Gasteiger partial charge in [0.15, 0.2) is 0 Å². The van der Waals surface area contributed by atoms with Crippen molar-refractivity contribution in [3.8, 4) is 0 Å². The molecule has 1 N–H and O–H groups in total. The summed E-state index contributed by atoms with van der Waals surface area (Å²) in [5.74, 6) is 0.732. The number of carbonyl (C=O) groups excluding carboxylic acids is 1. The lowest BCUT2D eigenvalue weighted by atomic mass is 10.0. The van der Waals surface area contributed by atoms with E-state index in [4.69, 9.17) is 0 Å². The molecule has 0 radical (unpaired) electrons. The number of aromatic nitrogens is 2. The molecule has 1 aliphatic carbocycles. The first-order valence-electron chi connectivity index (χ1n) is 7.96. The van der Waals surface area contributed by atoms with Crippen molar-refractivity contribution in [1.29, 1.82) is 0 Å². The van der Waals surface area contributed by atoms with Gasteiger partial charge in [-0.15, -0.1) is 0 Å². The van der Waals surface area contributed by atoms with Gasteiger partial charge in [-0.3, -0.25) is 9.78 Å². The number of aromatic amines is 1.